The third kappa shape index (κ3) is 4.26. The Bertz CT molecular complexity index is 1070. The van der Waals surface area contributed by atoms with Crippen molar-refractivity contribution in [1.29, 1.82) is 0 Å². The Morgan fingerprint density at radius 2 is 2.03 bits per heavy atom. The summed E-state index contributed by atoms with van der Waals surface area (Å²) in [6, 6.07) is 5.96. The van der Waals surface area contributed by atoms with Gasteiger partial charge in [0.2, 0.25) is 5.91 Å². The number of nitrogens with zero attached hydrogens (tertiary/aromatic N) is 3. The molecular formula is C19H18ClFN4O3S. The van der Waals surface area contributed by atoms with E-state index >= 15 is 0 Å². The van der Waals surface area contributed by atoms with E-state index in [1.165, 1.54) is 23.5 Å². The SMILES string of the molecule is Cc1cc(NC(=O)CN2CCN(C(=O)c3sc4cc(F)ccc4c3Cl)CC2)no1. The Morgan fingerprint density at radius 1 is 1.28 bits per heavy atom. The molecule has 1 N–H and O–H groups in total. The van der Waals surface area contributed by atoms with Crippen molar-refractivity contribution >= 4 is 50.7 Å². The maximum atomic E-state index is 13.4. The van der Waals surface area contributed by atoms with Crippen molar-refractivity contribution < 1.29 is 18.5 Å². The number of aryl methyl sites for hydroxylation is 1. The zero-order valence-corrected chi connectivity index (χ0v) is 17.1. The van der Waals surface area contributed by atoms with Gasteiger partial charge in [-0.2, -0.15) is 0 Å². The van der Waals surface area contributed by atoms with Gasteiger partial charge in [0.15, 0.2) is 5.82 Å². The summed E-state index contributed by atoms with van der Waals surface area (Å²) >= 11 is 7.56. The monoisotopic (exact) mass is 436 g/mol. The topological polar surface area (TPSA) is 78.7 Å². The summed E-state index contributed by atoms with van der Waals surface area (Å²) in [5, 5.41) is 7.46. The van der Waals surface area contributed by atoms with Gasteiger partial charge >= 0.3 is 0 Å². The van der Waals surface area contributed by atoms with Crippen molar-refractivity contribution in [2.75, 3.05) is 38.0 Å². The number of benzene rings is 1. The lowest BCUT2D eigenvalue weighted by molar-refractivity contribution is -0.117. The van der Waals surface area contributed by atoms with Crippen LogP contribution in [0.4, 0.5) is 10.2 Å². The second kappa shape index (κ2) is 8.10. The van der Waals surface area contributed by atoms with Gasteiger partial charge in [-0.1, -0.05) is 16.8 Å². The number of piperazine rings is 1. The van der Waals surface area contributed by atoms with Crippen LogP contribution in [-0.4, -0.2) is 59.5 Å². The molecule has 0 radical (unpaired) electrons. The fourth-order valence-electron chi connectivity index (χ4n) is 3.24. The first kappa shape index (κ1) is 19.8. The van der Waals surface area contributed by atoms with Gasteiger partial charge in [-0.3, -0.25) is 14.5 Å². The molecule has 3 aromatic rings. The molecule has 0 aliphatic carbocycles. The van der Waals surface area contributed by atoms with Crippen LogP contribution in [0.3, 0.4) is 0 Å². The molecule has 1 aliphatic rings. The largest absolute Gasteiger partial charge is 0.360 e. The van der Waals surface area contributed by atoms with Gasteiger partial charge in [0.1, 0.15) is 16.5 Å². The van der Waals surface area contributed by atoms with Crippen LogP contribution >= 0.6 is 22.9 Å². The predicted octanol–water partition coefficient (Wildman–Crippen LogP) is 3.39. The summed E-state index contributed by atoms with van der Waals surface area (Å²) in [4.78, 5) is 29.1. The molecule has 29 heavy (non-hydrogen) atoms. The highest BCUT2D eigenvalue weighted by molar-refractivity contribution is 7.21. The quantitative estimate of drug-likeness (QED) is 0.678. The number of hydrogen-bond acceptors (Lipinski definition) is 6. The van der Waals surface area contributed by atoms with Crippen molar-refractivity contribution in [2.24, 2.45) is 0 Å². The molecule has 0 unspecified atom stereocenters. The Labute approximate surface area is 175 Å². The fourth-order valence-corrected chi connectivity index (χ4v) is 4.74. The van der Waals surface area contributed by atoms with Gasteiger partial charge in [-0.15, -0.1) is 11.3 Å². The maximum Gasteiger partial charge on any atom is 0.265 e. The Morgan fingerprint density at radius 3 is 2.72 bits per heavy atom. The summed E-state index contributed by atoms with van der Waals surface area (Å²) in [7, 11) is 0. The molecule has 0 atom stereocenters. The van der Waals surface area contributed by atoms with Crippen LogP contribution in [0, 0.1) is 12.7 Å². The Kier molecular flexibility index (Phi) is 5.53. The van der Waals surface area contributed by atoms with E-state index in [0.717, 1.165) is 0 Å². The number of aromatic nitrogens is 1. The van der Waals surface area contributed by atoms with Crippen LogP contribution in [0.1, 0.15) is 15.4 Å². The van der Waals surface area contributed by atoms with E-state index in [-0.39, 0.29) is 24.2 Å². The van der Waals surface area contributed by atoms with Crippen molar-refractivity contribution in [1.82, 2.24) is 15.0 Å². The van der Waals surface area contributed by atoms with E-state index < -0.39 is 0 Å². The first-order chi connectivity index (χ1) is 13.9. The van der Waals surface area contributed by atoms with Crippen LogP contribution in [0.2, 0.25) is 5.02 Å². The molecule has 7 nitrogen and oxygen atoms in total. The highest BCUT2D eigenvalue weighted by Gasteiger charge is 2.27. The Balaban J connectivity index is 1.35. The number of thiophene rings is 1. The second-order valence-electron chi connectivity index (χ2n) is 6.82. The minimum atomic E-state index is -0.359. The van der Waals surface area contributed by atoms with E-state index in [9.17, 15) is 14.0 Å². The normalized spacial score (nSPS) is 15.1. The molecule has 2 amide bonds. The Hall–Kier alpha value is -2.49. The predicted molar refractivity (Wildman–Crippen MR) is 109 cm³/mol. The van der Waals surface area contributed by atoms with Gasteiger partial charge < -0.3 is 14.7 Å². The molecule has 1 aliphatic heterocycles. The summed E-state index contributed by atoms with van der Waals surface area (Å²) in [5.74, 6) is 0.292. The van der Waals surface area contributed by atoms with E-state index in [2.05, 4.69) is 10.5 Å². The van der Waals surface area contributed by atoms with Crippen LogP contribution in [0.25, 0.3) is 10.1 Å². The number of amides is 2. The summed E-state index contributed by atoms with van der Waals surface area (Å²) < 4.78 is 19.0. The van der Waals surface area contributed by atoms with E-state index in [4.69, 9.17) is 16.1 Å². The first-order valence-electron chi connectivity index (χ1n) is 9.03. The van der Waals surface area contributed by atoms with Crippen LogP contribution < -0.4 is 5.32 Å². The molecule has 0 bridgehead atoms. The van der Waals surface area contributed by atoms with Gasteiger partial charge in [0.25, 0.3) is 5.91 Å². The summed E-state index contributed by atoms with van der Waals surface area (Å²) in [5.41, 5.74) is 0. The molecule has 152 valence electrons. The van der Waals surface area contributed by atoms with Crippen LogP contribution in [0.15, 0.2) is 28.8 Å². The molecule has 3 heterocycles. The lowest BCUT2D eigenvalue weighted by atomic mass is 10.2. The molecule has 0 spiro atoms. The van der Waals surface area contributed by atoms with Crippen molar-refractivity contribution in [3.8, 4) is 0 Å². The minimum absolute atomic E-state index is 0.168. The average molecular weight is 437 g/mol. The molecule has 1 aromatic carbocycles. The molecular weight excluding hydrogens is 419 g/mol. The number of carbonyl (C=O) groups excluding carboxylic acids is 2. The van der Waals surface area contributed by atoms with E-state index in [1.54, 1.807) is 24.0 Å². The fraction of sp³-hybridized carbons (Fsp3) is 0.316. The third-order valence-corrected chi connectivity index (χ3v) is 6.35. The lowest BCUT2D eigenvalue weighted by Gasteiger charge is -2.34. The number of hydrogen-bond donors (Lipinski definition) is 1. The number of fused-ring (bicyclic) bond motifs is 1. The summed E-state index contributed by atoms with van der Waals surface area (Å²) in [6.07, 6.45) is 0. The second-order valence-corrected chi connectivity index (χ2v) is 8.26. The summed E-state index contributed by atoms with van der Waals surface area (Å²) in [6.45, 7) is 4.04. The number of halogens is 2. The van der Waals surface area contributed by atoms with Gasteiger partial charge in [0, 0.05) is 42.3 Å². The number of rotatable bonds is 4. The van der Waals surface area contributed by atoms with Crippen LogP contribution in [-0.2, 0) is 4.79 Å². The first-order valence-corrected chi connectivity index (χ1v) is 10.2. The van der Waals surface area contributed by atoms with Gasteiger partial charge in [-0.25, -0.2) is 4.39 Å². The highest BCUT2D eigenvalue weighted by Crippen LogP contribution is 2.36. The van der Waals surface area contributed by atoms with Gasteiger partial charge in [0.05, 0.1) is 11.6 Å². The lowest BCUT2D eigenvalue weighted by Crippen LogP contribution is -2.50. The smallest absolute Gasteiger partial charge is 0.265 e. The van der Waals surface area contributed by atoms with Crippen molar-refractivity contribution in [3.05, 3.63) is 45.7 Å². The third-order valence-electron chi connectivity index (χ3n) is 4.71. The molecule has 10 heteroatoms. The molecule has 2 aromatic heterocycles. The van der Waals surface area contributed by atoms with Crippen molar-refractivity contribution in [2.45, 2.75) is 6.92 Å². The molecule has 4 rings (SSSR count). The number of anilines is 1. The standard InChI is InChI=1S/C19H18ClFN4O3S/c1-11-8-15(23-28-11)22-16(26)10-24-4-6-25(7-5-24)19(27)18-17(20)13-3-2-12(21)9-14(13)29-18/h2-3,8-9H,4-7,10H2,1H3,(H,22,23,26). The zero-order valence-electron chi connectivity index (χ0n) is 15.6. The van der Waals surface area contributed by atoms with Crippen molar-refractivity contribution in [3.63, 3.8) is 0 Å². The number of carbonyl (C=O) groups is 2. The van der Waals surface area contributed by atoms with E-state index in [0.29, 0.717) is 57.7 Å². The number of nitrogens with one attached hydrogen (secondary N) is 1. The zero-order chi connectivity index (χ0) is 20.5. The van der Waals surface area contributed by atoms with Gasteiger partial charge in [-0.05, 0) is 25.1 Å². The van der Waals surface area contributed by atoms with Crippen LogP contribution in [0.5, 0.6) is 0 Å². The highest BCUT2D eigenvalue weighted by atomic mass is 35.5. The minimum Gasteiger partial charge on any atom is -0.360 e. The molecule has 1 saturated heterocycles. The molecule has 0 saturated carbocycles. The van der Waals surface area contributed by atoms with E-state index in [1.807, 2.05) is 4.90 Å². The maximum absolute atomic E-state index is 13.4. The average Bonchev–Trinajstić information content (AvgIpc) is 3.24. The molecule has 1 fully saturated rings.